The number of halogens is 3. The van der Waals surface area contributed by atoms with Crippen molar-refractivity contribution < 1.29 is 26.4 Å². The Labute approximate surface area is 145 Å². The summed E-state index contributed by atoms with van der Waals surface area (Å²) in [4.78, 5) is 13.8. The topological polar surface area (TPSA) is 66.5 Å². The fourth-order valence-electron chi connectivity index (χ4n) is 2.65. The maximum Gasteiger partial charge on any atom is 0.389 e. The Morgan fingerprint density at radius 3 is 2.52 bits per heavy atom. The third-order valence-electron chi connectivity index (χ3n) is 4.27. The van der Waals surface area contributed by atoms with Gasteiger partial charge in [-0.3, -0.25) is 0 Å². The van der Waals surface area contributed by atoms with Gasteiger partial charge in [0.1, 0.15) is 0 Å². The summed E-state index contributed by atoms with van der Waals surface area (Å²) in [5, 5.41) is 2.61. The second-order valence-electron chi connectivity index (χ2n) is 6.70. The highest BCUT2D eigenvalue weighted by molar-refractivity contribution is 7.92. The number of anilines is 1. The van der Waals surface area contributed by atoms with E-state index in [1.807, 2.05) is 0 Å². The normalized spacial score (nSPS) is 19.5. The number of hydrogen-bond acceptors (Lipinski definition) is 3. The number of nitrogens with zero attached hydrogens (tertiary/aromatic N) is 1. The Morgan fingerprint density at radius 1 is 1.28 bits per heavy atom. The van der Waals surface area contributed by atoms with Gasteiger partial charge in [-0.05, 0) is 31.9 Å². The smallest absolute Gasteiger partial charge is 0.322 e. The first kappa shape index (κ1) is 19.6. The highest BCUT2D eigenvalue weighted by Gasteiger charge is 2.41. The third kappa shape index (κ3) is 4.87. The SMILES string of the molecule is CC1(C)CN(C(=O)Nc2ccccc2CCC(F)(F)F)CCS1(=O)=O. The predicted octanol–water partition coefficient (Wildman–Crippen LogP) is 3.22. The summed E-state index contributed by atoms with van der Waals surface area (Å²) in [5.74, 6) is -0.136. The zero-order chi connectivity index (χ0) is 18.9. The van der Waals surface area contributed by atoms with Crippen molar-refractivity contribution >= 4 is 21.6 Å². The minimum atomic E-state index is -4.28. The molecule has 0 saturated carbocycles. The van der Waals surface area contributed by atoms with Crippen molar-refractivity contribution in [2.24, 2.45) is 0 Å². The zero-order valence-corrected chi connectivity index (χ0v) is 14.9. The van der Waals surface area contributed by atoms with Gasteiger partial charge in [0, 0.05) is 25.2 Å². The molecule has 5 nitrogen and oxygen atoms in total. The highest BCUT2D eigenvalue weighted by Crippen LogP contribution is 2.27. The number of hydrogen-bond donors (Lipinski definition) is 1. The minimum Gasteiger partial charge on any atom is -0.322 e. The summed E-state index contributed by atoms with van der Waals surface area (Å²) in [6.07, 6.45) is -5.49. The standard InChI is InChI=1S/C16H21F3N2O3S/c1-15(2)11-21(9-10-25(15,23)24)14(22)20-13-6-4-3-5-12(13)7-8-16(17,18)19/h3-6H,7-11H2,1-2H3,(H,20,22). The Kier molecular flexibility index (Phi) is 5.36. The van der Waals surface area contributed by atoms with E-state index in [-0.39, 0.29) is 25.3 Å². The van der Waals surface area contributed by atoms with Crippen molar-refractivity contribution in [2.75, 3.05) is 24.2 Å². The van der Waals surface area contributed by atoms with Crippen molar-refractivity contribution in [1.82, 2.24) is 4.90 Å². The first-order valence-electron chi connectivity index (χ1n) is 7.84. The number of sulfone groups is 1. The van der Waals surface area contributed by atoms with Crippen molar-refractivity contribution in [3.05, 3.63) is 29.8 Å². The van der Waals surface area contributed by atoms with Crippen LogP contribution in [0.5, 0.6) is 0 Å². The van der Waals surface area contributed by atoms with Crippen LogP contribution < -0.4 is 5.32 Å². The Bertz CT molecular complexity index is 745. The molecule has 0 aliphatic carbocycles. The van der Waals surface area contributed by atoms with Crippen LogP contribution in [0, 0.1) is 0 Å². The number of carbonyl (C=O) groups is 1. The molecule has 0 unspecified atom stereocenters. The van der Waals surface area contributed by atoms with E-state index in [9.17, 15) is 26.4 Å². The van der Waals surface area contributed by atoms with E-state index in [0.29, 0.717) is 11.3 Å². The third-order valence-corrected chi connectivity index (χ3v) is 6.80. The molecule has 25 heavy (non-hydrogen) atoms. The molecule has 0 spiro atoms. The van der Waals surface area contributed by atoms with Crippen molar-refractivity contribution in [1.29, 1.82) is 0 Å². The van der Waals surface area contributed by atoms with Gasteiger partial charge in [-0.25, -0.2) is 13.2 Å². The van der Waals surface area contributed by atoms with E-state index < -0.39 is 33.2 Å². The van der Waals surface area contributed by atoms with Gasteiger partial charge in [-0.2, -0.15) is 13.2 Å². The lowest BCUT2D eigenvalue weighted by Gasteiger charge is -2.37. The van der Waals surface area contributed by atoms with Gasteiger partial charge in [0.05, 0.1) is 10.5 Å². The van der Waals surface area contributed by atoms with Crippen LogP contribution in [0.25, 0.3) is 0 Å². The summed E-state index contributed by atoms with van der Waals surface area (Å²) in [5.41, 5.74) is 0.694. The van der Waals surface area contributed by atoms with Crippen LogP contribution in [-0.2, 0) is 16.3 Å². The number of amides is 2. The van der Waals surface area contributed by atoms with Crippen LogP contribution in [-0.4, -0.2) is 49.1 Å². The van der Waals surface area contributed by atoms with Gasteiger partial charge in [0.25, 0.3) is 0 Å². The molecule has 1 aromatic carbocycles. The van der Waals surface area contributed by atoms with Crippen LogP contribution in [0.4, 0.5) is 23.7 Å². The van der Waals surface area contributed by atoms with Crippen LogP contribution in [0.2, 0.25) is 0 Å². The van der Waals surface area contributed by atoms with Gasteiger partial charge >= 0.3 is 12.2 Å². The van der Waals surface area contributed by atoms with E-state index in [1.165, 1.54) is 17.0 Å². The van der Waals surface area contributed by atoms with Gasteiger partial charge in [-0.1, -0.05) is 18.2 Å². The number of urea groups is 1. The maximum atomic E-state index is 12.4. The molecule has 1 aliphatic rings. The first-order valence-corrected chi connectivity index (χ1v) is 9.49. The van der Waals surface area contributed by atoms with Gasteiger partial charge in [-0.15, -0.1) is 0 Å². The molecule has 1 N–H and O–H groups in total. The number of carbonyl (C=O) groups excluding carboxylic acids is 1. The van der Waals surface area contributed by atoms with Crippen LogP contribution in [0.15, 0.2) is 24.3 Å². The number of para-hydroxylation sites is 1. The molecule has 0 aromatic heterocycles. The Balaban J connectivity index is 2.09. The van der Waals surface area contributed by atoms with Crippen molar-refractivity contribution in [3.8, 4) is 0 Å². The Morgan fingerprint density at radius 2 is 1.92 bits per heavy atom. The molecule has 1 saturated heterocycles. The summed E-state index contributed by atoms with van der Waals surface area (Å²) in [7, 11) is -3.28. The molecule has 1 fully saturated rings. The van der Waals surface area contributed by atoms with E-state index >= 15 is 0 Å². The maximum absolute atomic E-state index is 12.4. The van der Waals surface area contributed by atoms with Crippen LogP contribution in [0.1, 0.15) is 25.8 Å². The molecule has 2 amide bonds. The quantitative estimate of drug-likeness (QED) is 0.878. The molecule has 0 radical (unpaired) electrons. The fraction of sp³-hybridized carbons (Fsp3) is 0.562. The van der Waals surface area contributed by atoms with E-state index in [2.05, 4.69) is 5.32 Å². The van der Waals surface area contributed by atoms with Gasteiger partial charge < -0.3 is 10.2 Å². The van der Waals surface area contributed by atoms with Crippen LogP contribution in [0.3, 0.4) is 0 Å². The first-order chi connectivity index (χ1) is 11.4. The van der Waals surface area contributed by atoms with Crippen molar-refractivity contribution in [2.45, 2.75) is 37.6 Å². The second-order valence-corrected chi connectivity index (χ2v) is 9.45. The lowest BCUT2D eigenvalue weighted by Crippen LogP contribution is -2.55. The largest absolute Gasteiger partial charge is 0.389 e. The number of benzene rings is 1. The lowest BCUT2D eigenvalue weighted by atomic mass is 10.1. The molecular formula is C16H21F3N2O3S. The summed E-state index contributed by atoms with van der Waals surface area (Å²) >= 11 is 0. The molecule has 9 heteroatoms. The Hall–Kier alpha value is -1.77. The molecule has 1 aromatic rings. The number of aryl methyl sites for hydroxylation is 1. The predicted molar refractivity (Wildman–Crippen MR) is 89.3 cm³/mol. The average molecular weight is 378 g/mol. The molecule has 0 atom stereocenters. The lowest BCUT2D eigenvalue weighted by molar-refractivity contribution is -0.133. The monoisotopic (exact) mass is 378 g/mol. The molecule has 0 bridgehead atoms. The van der Waals surface area contributed by atoms with Gasteiger partial charge in [0.15, 0.2) is 9.84 Å². The molecule has 140 valence electrons. The minimum absolute atomic E-state index is 0.0336. The van der Waals surface area contributed by atoms with E-state index in [0.717, 1.165) is 0 Å². The van der Waals surface area contributed by atoms with Crippen LogP contribution >= 0.6 is 0 Å². The van der Waals surface area contributed by atoms with E-state index in [1.54, 1.807) is 26.0 Å². The molecular weight excluding hydrogens is 357 g/mol. The number of nitrogens with one attached hydrogen (secondary N) is 1. The average Bonchev–Trinajstić information content (AvgIpc) is 2.48. The fourth-order valence-corrected chi connectivity index (χ4v) is 4.01. The summed E-state index contributed by atoms with van der Waals surface area (Å²) < 4.78 is 60.2. The zero-order valence-electron chi connectivity index (χ0n) is 14.1. The molecule has 1 heterocycles. The molecule has 2 rings (SSSR count). The molecule has 1 aliphatic heterocycles. The van der Waals surface area contributed by atoms with Gasteiger partial charge in [0.2, 0.25) is 0 Å². The number of alkyl halides is 3. The number of rotatable bonds is 3. The summed E-state index contributed by atoms with van der Waals surface area (Å²) in [6.45, 7) is 3.20. The summed E-state index contributed by atoms with van der Waals surface area (Å²) in [6, 6.07) is 5.79. The highest BCUT2D eigenvalue weighted by atomic mass is 32.2. The second kappa shape index (κ2) is 6.86. The van der Waals surface area contributed by atoms with Crippen molar-refractivity contribution in [3.63, 3.8) is 0 Å². The van der Waals surface area contributed by atoms with E-state index in [4.69, 9.17) is 0 Å².